The molecular weight excluding hydrogens is 314 g/mol. The summed E-state index contributed by atoms with van der Waals surface area (Å²) in [5.41, 5.74) is 4.85. The van der Waals surface area contributed by atoms with Gasteiger partial charge in [-0.25, -0.2) is 4.68 Å². The van der Waals surface area contributed by atoms with Crippen LogP contribution in [0.2, 0.25) is 0 Å². The van der Waals surface area contributed by atoms with Crippen LogP contribution in [0.4, 0.5) is 0 Å². The third-order valence-electron chi connectivity index (χ3n) is 3.96. The van der Waals surface area contributed by atoms with Crippen LogP contribution in [-0.2, 0) is 20.1 Å². The van der Waals surface area contributed by atoms with Crippen LogP contribution in [0.1, 0.15) is 35.3 Å². The molecule has 0 atom stereocenters. The first-order valence-corrected chi connectivity index (χ1v) is 8.42. The molecule has 0 aliphatic rings. The molecule has 1 heterocycles. The molecule has 0 aliphatic heterocycles. The van der Waals surface area contributed by atoms with Gasteiger partial charge in [0, 0.05) is 31.7 Å². The quantitative estimate of drug-likeness (QED) is 0.724. The third kappa shape index (κ3) is 4.03. The molecular formula is C19H23N5O. The maximum absolute atomic E-state index is 12.1. The third-order valence-corrected chi connectivity index (χ3v) is 3.96. The summed E-state index contributed by atoms with van der Waals surface area (Å²) in [6, 6.07) is 13.9. The number of hydrogen-bond acceptors (Lipinski definition) is 4. The number of fused-ring (bicyclic) bond motifs is 1. The summed E-state index contributed by atoms with van der Waals surface area (Å²) in [6.07, 6.45) is 0. The molecule has 6 nitrogen and oxygen atoms in total. The van der Waals surface area contributed by atoms with Crippen LogP contribution >= 0.6 is 0 Å². The summed E-state index contributed by atoms with van der Waals surface area (Å²) in [4.78, 5) is 12.1. The Morgan fingerprint density at radius 2 is 1.96 bits per heavy atom. The van der Waals surface area contributed by atoms with Crippen molar-refractivity contribution in [1.29, 1.82) is 0 Å². The molecule has 0 bridgehead atoms. The number of aryl methyl sites for hydroxylation is 1. The van der Waals surface area contributed by atoms with E-state index in [1.54, 1.807) is 4.68 Å². The Balaban J connectivity index is 1.66. The Morgan fingerprint density at radius 3 is 2.76 bits per heavy atom. The topological polar surface area (TPSA) is 71.8 Å². The maximum Gasteiger partial charge on any atom is 0.251 e. The molecule has 0 spiro atoms. The average molecular weight is 337 g/mol. The molecule has 0 radical (unpaired) electrons. The number of rotatable bonds is 6. The highest BCUT2D eigenvalue weighted by Crippen LogP contribution is 2.15. The molecule has 6 heteroatoms. The van der Waals surface area contributed by atoms with E-state index in [4.69, 9.17) is 0 Å². The average Bonchev–Trinajstić information content (AvgIpc) is 2.97. The number of benzene rings is 2. The molecule has 0 saturated heterocycles. The fraction of sp³-hybridized carbons (Fsp3) is 0.316. The Hall–Kier alpha value is -2.73. The molecule has 1 amide bonds. The Kier molecular flexibility index (Phi) is 5.09. The van der Waals surface area contributed by atoms with Gasteiger partial charge in [0.15, 0.2) is 0 Å². The van der Waals surface area contributed by atoms with Crippen molar-refractivity contribution in [3.63, 3.8) is 0 Å². The number of hydrogen-bond donors (Lipinski definition) is 2. The van der Waals surface area contributed by atoms with Gasteiger partial charge in [-0.05, 0) is 43.2 Å². The highest BCUT2D eigenvalue weighted by atomic mass is 16.1. The lowest BCUT2D eigenvalue weighted by molar-refractivity contribution is 0.0943. The monoisotopic (exact) mass is 337 g/mol. The van der Waals surface area contributed by atoms with Gasteiger partial charge in [-0.2, -0.15) is 0 Å². The standard InChI is InChI=1S/C19H23N5O/c1-13(2)21-19(25)15-7-4-6-14(10-15)11-20-12-16-8-5-9-17-18(16)24(3)23-22-17/h4-10,13,20H,11-12H2,1-3H3,(H,21,25). The molecule has 2 N–H and O–H groups in total. The van der Waals surface area contributed by atoms with Gasteiger partial charge in [0.05, 0.1) is 5.52 Å². The van der Waals surface area contributed by atoms with E-state index in [0.717, 1.165) is 22.2 Å². The summed E-state index contributed by atoms with van der Waals surface area (Å²) in [7, 11) is 1.90. The minimum atomic E-state index is -0.0393. The van der Waals surface area contributed by atoms with Crippen molar-refractivity contribution in [2.75, 3.05) is 0 Å². The summed E-state index contributed by atoms with van der Waals surface area (Å²) in [5, 5.41) is 14.6. The number of aromatic nitrogens is 3. The van der Waals surface area contributed by atoms with Crippen LogP contribution in [0.3, 0.4) is 0 Å². The fourth-order valence-electron chi connectivity index (χ4n) is 2.84. The van der Waals surface area contributed by atoms with Crippen molar-refractivity contribution in [3.05, 3.63) is 59.2 Å². The molecule has 3 aromatic rings. The zero-order chi connectivity index (χ0) is 17.8. The molecule has 0 unspecified atom stereocenters. The predicted octanol–water partition coefficient (Wildman–Crippen LogP) is 2.40. The highest BCUT2D eigenvalue weighted by Gasteiger charge is 2.09. The van der Waals surface area contributed by atoms with Crippen molar-refractivity contribution in [1.82, 2.24) is 25.6 Å². The van der Waals surface area contributed by atoms with Gasteiger partial charge in [-0.3, -0.25) is 4.79 Å². The first kappa shape index (κ1) is 17.1. The lowest BCUT2D eigenvalue weighted by Crippen LogP contribution is -2.30. The first-order chi connectivity index (χ1) is 12.0. The first-order valence-electron chi connectivity index (χ1n) is 8.42. The molecule has 25 heavy (non-hydrogen) atoms. The SMILES string of the molecule is CC(C)NC(=O)c1cccc(CNCc2cccc3nnn(C)c23)c1. The van der Waals surface area contributed by atoms with E-state index in [9.17, 15) is 4.79 Å². The molecule has 3 rings (SSSR count). The summed E-state index contributed by atoms with van der Waals surface area (Å²) >= 11 is 0. The molecule has 0 saturated carbocycles. The van der Waals surface area contributed by atoms with Crippen molar-refractivity contribution in [2.45, 2.75) is 33.0 Å². The molecule has 2 aromatic carbocycles. The lowest BCUT2D eigenvalue weighted by atomic mass is 10.1. The van der Waals surface area contributed by atoms with E-state index >= 15 is 0 Å². The van der Waals surface area contributed by atoms with Gasteiger partial charge in [0.1, 0.15) is 5.52 Å². The van der Waals surface area contributed by atoms with Gasteiger partial charge < -0.3 is 10.6 Å². The second-order valence-electron chi connectivity index (χ2n) is 6.43. The van der Waals surface area contributed by atoms with Crippen LogP contribution < -0.4 is 10.6 Å². The lowest BCUT2D eigenvalue weighted by Gasteiger charge is -2.10. The predicted molar refractivity (Wildman–Crippen MR) is 98.1 cm³/mol. The van der Waals surface area contributed by atoms with E-state index in [1.165, 1.54) is 0 Å². The second kappa shape index (κ2) is 7.44. The Morgan fingerprint density at radius 1 is 1.16 bits per heavy atom. The molecule has 0 fully saturated rings. The van der Waals surface area contributed by atoms with Gasteiger partial charge in [-0.1, -0.05) is 29.5 Å². The van der Waals surface area contributed by atoms with E-state index in [0.29, 0.717) is 18.7 Å². The normalized spacial score (nSPS) is 11.2. The van der Waals surface area contributed by atoms with Gasteiger partial charge >= 0.3 is 0 Å². The van der Waals surface area contributed by atoms with Gasteiger partial charge in [0.25, 0.3) is 5.91 Å². The van der Waals surface area contributed by atoms with Crippen molar-refractivity contribution in [2.24, 2.45) is 7.05 Å². The van der Waals surface area contributed by atoms with E-state index in [-0.39, 0.29) is 11.9 Å². The molecule has 1 aromatic heterocycles. The van der Waals surface area contributed by atoms with E-state index in [2.05, 4.69) is 27.0 Å². The van der Waals surface area contributed by atoms with Crippen LogP contribution in [-0.4, -0.2) is 26.9 Å². The second-order valence-corrected chi connectivity index (χ2v) is 6.43. The number of nitrogens with one attached hydrogen (secondary N) is 2. The number of para-hydroxylation sites is 1. The van der Waals surface area contributed by atoms with Crippen LogP contribution in [0.25, 0.3) is 11.0 Å². The van der Waals surface area contributed by atoms with Crippen LogP contribution in [0.5, 0.6) is 0 Å². The fourth-order valence-corrected chi connectivity index (χ4v) is 2.84. The van der Waals surface area contributed by atoms with Gasteiger partial charge in [0.2, 0.25) is 0 Å². The minimum absolute atomic E-state index is 0.0393. The number of amides is 1. The zero-order valence-corrected chi connectivity index (χ0v) is 14.8. The number of carbonyl (C=O) groups is 1. The number of carbonyl (C=O) groups excluding carboxylic acids is 1. The summed E-state index contributed by atoms with van der Waals surface area (Å²) < 4.78 is 1.79. The van der Waals surface area contributed by atoms with Crippen molar-refractivity contribution in [3.8, 4) is 0 Å². The smallest absolute Gasteiger partial charge is 0.251 e. The van der Waals surface area contributed by atoms with Gasteiger partial charge in [-0.15, -0.1) is 5.10 Å². The maximum atomic E-state index is 12.1. The molecule has 130 valence electrons. The number of nitrogens with zero attached hydrogens (tertiary/aromatic N) is 3. The largest absolute Gasteiger partial charge is 0.350 e. The van der Waals surface area contributed by atoms with E-state index < -0.39 is 0 Å². The minimum Gasteiger partial charge on any atom is -0.350 e. The molecule has 0 aliphatic carbocycles. The summed E-state index contributed by atoms with van der Waals surface area (Å²) in [6.45, 7) is 5.31. The Labute approximate surface area is 147 Å². The van der Waals surface area contributed by atoms with Crippen LogP contribution in [0.15, 0.2) is 42.5 Å². The van der Waals surface area contributed by atoms with Crippen LogP contribution in [0, 0.1) is 0 Å². The van der Waals surface area contributed by atoms with Crippen molar-refractivity contribution < 1.29 is 4.79 Å². The van der Waals surface area contributed by atoms with Crippen molar-refractivity contribution >= 4 is 16.9 Å². The summed E-state index contributed by atoms with van der Waals surface area (Å²) in [5.74, 6) is -0.0393. The Bertz CT molecular complexity index is 884. The van der Waals surface area contributed by atoms with E-state index in [1.807, 2.05) is 57.3 Å². The highest BCUT2D eigenvalue weighted by molar-refractivity contribution is 5.94. The zero-order valence-electron chi connectivity index (χ0n) is 14.8.